The summed E-state index contributed by atoms with van der Waals surface area (Å²) in [5, 5.41) is 55.2. The number of hydrogen-bond donors (Lipinski definition) is 5. The van der Waals surface area contributed by atoms with Crippen LogP contribution in [0.15, 0.2) is 11.6 Å². The van der Waals surface area contributed by atoms with Gasteiger partial charge in [-0.25, -0.2) is 0 Å². The van der Waals surface area contributed by atoms with Crippen LogP contribution in [0, 0.1) is 50.7 Å². The van der Waals surface area contributed by atoms with E-state index in [-0.39, 0.29) is 34.5 Å². The van der Waals surface area contributed by atoms with E-state index in [1.54, 1.807) is 0 Å². The summed E-state index contributed by atoms with van der Waals surface area (Å²) in [6.45, 7) is 12.8. The molecule has 0 aromatic rings. The Bertz CT molecular complexity index is 943. The lowest BCUT2D eigenvalue weighted by atomic mass is 9.33. The molecule has 0 bridgehead atoms. The molecular weight excluding hydrogens is 444 g/mol. The van der Waals surface area contributed by atoms with Crippen LogP contribution in [0.1, 0.15) is 86.5 Å². The number of allylic oxidation sites excluding steroid dienone is 1. The first-order valence-corrected chi connectivity index (χ1v) is 13.8. The van der Waals surface area contributed by atoms with E-state index in [1.807, 2.05) is 20.8 Å². The number of carboxylic acids is 1. The maximum absolute atomic E-state index is 12.7. The molecule has 0 aromatic heterocycles. The molecule has 198 valence electrons. The minimum Gasteiger partial charge on any atom is -0.481 e. The summed E-state index contributed by atoms with van der Waals surface area (Å²) < 4.78 is 0. The van der Waals surface area contributed by atoms with Gasteiger partial charge in [0.2, 0.25) is 0 Å². The van der Waals surface area contributed by atoms with Crippen LogP contribution in [0.25, 0.3) is 0 Å². The molecule has 4 saturated carbocycles. The number of carboxylic acid groups (broad SMARTS) is 1. The standard InChI is InChI=1S/C29H46O6/c1-15-9-12-29(24(34)35)14-13-26(4)16(19(29)20(15)30)7-8-18-27(26,5)11-10-17-25(2,3)22(32)21(31)23(33)28(17,18)6/h7,15,17-23,30-33H,8-14H2,1-6H3,(H,34,35)/t15-,17+,18+,19-,20-,21+,22-,23-,26-,27-,28+,29+/m1/s1. The zero-order valence-corrected chi connectivity index (χ0v) is 22.3. The molecule has 0 unspecified atom stereocenters. The smallest absolute Gasteiger partial charge is 0.310 e. The molecule has 35 heavy (non-hydrogen) atoms. The van der Waals surface area contributed by atoms with Gasteiger partial charge in [-0.15, -0.1) is 0 Å². The fraction of sp³-hybridized carbons (Fsp3) is 0.897. The summed E-state index contributed by atoms with van der Waals surface area (Å²) in [5.41, 5.74) is -1.41. The van der Waals surface area contributed by atoms with Gasteiger partial charge in [-0.3, -0.25) is 4.79 Å². The molecule has 6 heteroatoms. The van der Waals surface area contributed by atoms with Crippen molar-refractivity contribution in [2.45, 2.75) is 111 Å². The summed E-state index contributed by atoms with van der Waals surface area (Å²) in [5.74, 6) is -0.963. The summed E-state index contributed by atoms with van der Waals surface area (Å²) >= 11 is 0. The Labute approximate surface area is 209 Å². The molecule has 0 radical (unpaired) electrons. The molecule has 4 fully saturated rings. The number of aliphatic carboxylic acids is 1. The van der Waals surface area contributed by atoms with Crippen LogP contribution < -0.4 is 0 Å². The lowest BCUT2D eigenvalue weighted by Crippen LogP contribution is -2.72. The van der Waals surface area contributed by atoms with Crippen LogP contribution in [0.4, 0.5) is 0 Å². The molecule has 5 rings (SSSR count). The second-order valence-corrected chi connectivity index (χ2v) is 14.3. The van der Waals surface area contributed by atoms with Crippen molar-refractivity contribution in [2.75, 3.05) is 0 Å². The highest BCUT2D eigenvalue weighted by atomic mass is 16.4. The summed E-state index contributed by atoms with van der Waals surface area (Å²) in [4.78, 5) is 12.7. The van der Waals surface area contributed by atoms with Crippen molar-refractivity contribution >= 4 is 5.97 Å². The zero-order valence-electron chi connectivity index (χ0n) is 22.3. The first kappa shape index (κ1) is 25.7. The van der Waals surface area contributed by atoms with Gasteiger partial charge in [-0.1, -0.05) is 53.2 Å². The highest BCUT2D eigenvalue weighted by Gasteiger charge is 2.72. The van der Waals surface area contributed by atoms with Crippen molar-refractivity contribution in [1.29, 1.82) is 0 Å². The monoisotopic (exact) mass is 490 g/mol. The van der Waals surface area contributed by atoms with Gasteiger partial charge < -0.3 is 25.5 Å². The van der Waals surface area contributed by atoms with Crippen LogP contribution in [-0.2, 0) is 4.79 Å². The van der Waals surface area contributed by atoms with Gasteiger partial charge >= 0.3 is 5.97 Å². The SMILES string of the molecule is C[C@@H]1CC[C@]2(C(=O)O)CC[C@]3(C)C(=CC[C@@H]4[C@@]5(C)[C@H](O)[C@@H](O)[C@@H](O)C(C)(C)[C@@H]5CC[C@]43C)[C@@H]2[C@@H]1O. The molecular formula is C29H46O6. The zero-order chi connectivity index (χ0) is 25.9. The second-order valence-electron chi connectivity index (χ2n) is 14.3. The van der Waals surface area contributed by atoms with Gasteiger partial charge in [0.25, 0.3) is 0 Å². The average molecular weight is 491 g/mol. The number of aliphatic hydroxyl groups excluding tert-OH is 4. The van der Waals surface area contributed by atoms with E-state index in [0.29, 0.717) is 19.3 Å². The van der Waals surface area contributed by atoms with Gasteiger partial charge in [0.05, 0.1) is 23.7 Å². The molecule has 0 aromatic carbocycles. The first-order chi connectivity index (χ1) is 16.1. The fourth-order valence-corrected chi connectivity index (χ4v) is 10.6. The van der Waals surface area contributed by atoms with Gasteiger partial charge in [0.1, 0.15) is 6.10 Å². The molecule has 0 spiro atoms. The third-order valence-corrected chi connectivity index (χ3v) is 13.0. The van der Waals surface area contributed by atoms with Crippen molar-refractivity contribution < 1.29 is 30.3 Å². The number of rotatable bonds is 1. The molecule has 5 aliphatic rings. The third-order valence-electron chi connectivity index (χ3n) is 13.0. The summed E-state index contributed by atoms with van der Waals surface area (Å²) in [7, 11) is 0. The average Bonchev–Trinajstić information content (AvgIpc) is 2.79. The van der Waals surface area contributed by atoms with E-state index in [4.69, 9.17) is 0 Å². The van der Waals surface area contributed by atoms with Crippen molar-refractivity contribution in [2.24, 2.45) is 50.7 Å². The van der Waals surface area contributed by atoms with E-state index in [1.165, 1.54) is 0 Å². The Morgan fingerprint density at radius 2 is 1.51 bits per heavy atom. The first-order valence-electron chi connectivity index (χ1n) is 13.8. The topological polar surface area (TPSA) is 118 Å². The fourth-order valence-electron chi connectivity index (χ4n) is 10.6. The Morgan fingerprint density at radius 1 is 0.857 bits per heavy atom. The van der Waals surface area contributed by atoms with Crippen LogP contribution in [-0.4, -0.2) is 55.9 Å². The van der Waals surface area contributed by atoms with Gasteiger partial charge in [-0.2, -0.15) is 0 Å². The predicted molar refractivity (Wildman–Crippen MR) is 132 cm³/mol. The Balaban J connectivity index is 1.65. The van der Waals surface area contributed by atoms with E-state index < -0.39 is 46.6 Å². The molecule has 0 aliphatic heterocycles. The van der Waals surface area contributed by atoms with Crippen molar-refractivity contribution in [3.63, 3.8) is 0 Å². The lowest BCUT2D eigenvalue weighted by Gasteiger charge is -2.72. The van der Waals surface area contributed by atoms with Crippen LogP contribution in [0.2, 0.25) is 0 Å². The molecule has 6 nitrogen and oxygen atoms in total. The number of hydrogen-bond acceptors (Lipinski definition) is 5. The van der Waals surface area contributed by atoms with Crippen molar-refractivity contribution in [3.05, 3.63) is 11.6 Å². The summed E-state index contributed by atoms with van der Waals surface area (Å²) in [6, 6.07) is 0. The highest BCUT2D eigenvalue weighted by Crippen LogP contribution is 2.75. The normalized spacial score (nSPS) is 57.1. The largest absolute Gasteiger partial charge is 0.481 e. The van der Waals surface area contributed by atoms with Crippen LogP contribution in [0.5, 0.6) is 0 Å². The quantitative estimate of drug-likeness (QED) is 0.357. The minimum absolute atomic E-state index is 0.0574. The molecule has 5 aliphatic carbocycles. The van der Waals surface area contributed by atoms with E-state index >= 15 is 0 Å². The number of aliphatic hydroxyl groups is 4. The molecule has 0 heterocycles. The van der Waals surface area contributed by atoms with E-state index in [0.717, 1.165) is 31.3 Å². The van der Waals surface area contributed by atoms with Crippen molar-refractivity contribution in [3.8, 4) is 0 Å². The molecule has 12 atom stereocenters. The van der Waals surface area contributed by atoms with E-state index in [9.17, 15) is 30.3 Å². The molecule has 0 amide bonds. The maximum Gasteiger partial charge on any atom is 0.310 e. The van der Waals surface area contributed by atoms with Gasteiger partial charge in [0, 0.05) is 11.3 Å². The minimum atomic E-state index is -1.20. The van der Waals surface area contributed by atoms with Crippen molar-refractivity contribution in [1.82, 2.24) is 0 Å². The molecule has 0 saturated heterocycles. The van der Waals surface area contributed by atoms with Gasteiger partial charge in [0.15, 0.2) is 0 Å². The number of carbonyl (C=O) groups is 1. The number of fused-ring (bicyclic) bond motifs is 7. The Kier molecular flexibility index (Phi) is 5.54. The third kappa shape index (κ3) is 2.83. The highest BCUT2D eigenvalue weighted by molar-refractivity contribution is 5.77. The van der Waals surface area contributed by atoms with Crippen LogP contribution >= 0.6 is 0 Å². The Morgan fingerprint density at radius 3 is 2.14 bits per heavy atom. The Hall–Kier alpha value is -0.950. The lowest BCUT2D eigenvalue weighted by molar-refractivity contribution is -0.278. The predicted octanol–water partition coefficient (Wildman–Crippen LogP) is 3.76. The van der Waals surface area contributed by atoms with E-state index in [2.05, 4.69) is 26.8 Å². The summed E-state index contributed by atoms with van der Waals surface area (Å²) in [6.07, 6.45) is 3.45. The second kappa shape index (κ2) is 7.55. The van der Waals surface area contributed by atoms with Gasteiger partial charge in [-0.05, 0) is 78.9 Å². The van der Waals surface area contributed by atoms with Crippen LogP contribution in [0.3, 0.4) is 0 Å². The maximum atomic E-state index is 12.7. The molecule has 5 N–H and O–H groups in total.